The van der Waals surface area contributed by atoms with Gasteiger partial charge in [0.05, 0.1) is 17.6 Å². The third-order valence-corrected chi connectivity index (χ3v) is 6.09. The molecule has 7 heteroatoms. The lowest BCUT2D eigenvalue weighted by Gasteiger charge is -2.26. The number of hydrogen-bond acceptors (Lipinski definition) is 5. The summed E-state index contributed by atoms with van der Waals surface area (Å²) < 4.78 is 37.6. The van der Waals surface area contributed by atoms with Crippen molar-refractivity contribution in [1.82, 2.24) is 4.72 Å². The van der Waals surface area contributed by atoms with Gasteiger partial charge in [0.25, 0.3) is 0 Å². The molecular weight excluding hydrogens is 298 g/mol. The zero-order chi connectivity index (χ0) is 14.6. The fourth-order valence-corrected chi connectivity index (χ4v) is 4.54. The Balaban J connectivity index is 2.06. The van der Waals surface area contributed by atoms with Crippen LogP contribution in [0.1, 0.15) is 6.42 Å². The fraction of sp³-hybridized carbons (Fsp3) is 0.538. The van der Waals surface area contributed by atoms with Gasteiger partial charge in [0.1, 0.15) is 5.75 Å². The van der Waals surface area contributed by atoms with Crippen LogP contribution in [-0.4, -0.2) is 46.3 Å². The van der Waals surface area contributed by atoms with E-state index in [4.69, 9.17) is 9.47 Å². The van der Waals surface area contributed by atoms with Crippen LogP contribution in [0, 0.1) is 0 Å². The van der Waals surface area contributed by atoms with Crippen molar-refractivity contribution in [3.05, 3.63) is 24.3 Å². The molecule has 0 saturated carbocycles. The molecule has 0 aliphatic carbocycles. The Labute approximate surface area is 124 Å². The highest BCUT2D eigenvalue weighted by atomic mass is 32.2. The van der Waals surface area contributed by atoms with Gasteiger partial charge in [-0.1, -0.05) is 0 Å². The van der Waals surface area contributed by atoms with Gasteiger partial charge >= 0.3 is 0 Å². The first-order chi connectivity index (χ1) is 9.51. The summed E-state index contributed by atoms with van der Waals surface area (Å²) >= 11 is 1.78. The van der Waals surface area contributed by atoms with Crippen LogP contribution in [-0.2, 0) is 14.8 Å². The lowest BCUT2D eigenvalue weighted by molar-refractivity contribution is 0.0179. The highest BCUT2D eigenvalue weighted by Gasteiger charge is 2.35. The van der Waals surface area contributed by atoms with Crippen LogP contribution >= 0.6 is 11.8 Å². The molecule has 1 fully saturated rings. The van der Waals surface area contributed by atoms with Gasteiger partial charge < -0.3 is 9.47 Å². The molecule has 0 amide bonds. The Morgan fingerprint density at radius 2 is 2.00 bits per heavy atom. The minimum Gasteiger partial charge on any atom is -0.497 e. The first-order valence-corrected chi connectivity index (χ1v) is 8.92. The van der Waals surface area contributed by atoms with Gasteiger partial charge in [-0.25, -0.2) is 13.1 Å². The molecule has 20 heavy (non-hydrogen) atoms. The molecule has 1 aromatic carbocycles. The number of sulfonamides is 1. The molecule has 1 saturated heterocycles. The number of nitrogens with one attached hydrogen (secondary N) is 1. The number of rotatable bonds is 6. The predicted molar refractivity (Wildman–Crippen MR) is 79.9 cm³/mol. The van der Waals surface area contributed by atoms with Crippen molar-refractivity contribution in [3.8, 4) is 5.75 Å². The Morgan fingerprint density at radius 3 is 2.50 bits per heavy atom. The van der Waals surface area contributed by atoms with Crippen molar-refractivity contribution in [2.75, 3.05) is 32.3 Å². The topological polar surface area (TPSA) is 64.6 Å². The summed E-state index contributed by atoms with van der Waals surface area (Å²) in [7, 11) is -0.340. The lowest BCUT2D eigenvalue weighted by atomic mass is 10.0. The van der Waals surface area contributed by atoms with Crippen molar-refractivity contribution in [2.24, 2.45) is 0 Å². The van der Waals surface area contributed by atoms with Crippen molar-refractivity contribution in [1.29, 1.82) is 0 Å². The lowest BCUT2D eigenvalue weighted by Crippen LogP contribution is -2.44. The smallest absolute Gasteiger partial charge is 0.240 e. The predicted octanol–water partition coefficient (Wildman–Crippen LogP) is 1.50. The van der Waals surface area contributed by atoms with E-state index < -0.39 is 10.0 Å². The van der Waals surface area contributed by atoms with Gasteiger partial charge in [0, 0.05) is 19.4 Å². The SMILES string of the molecule is COc1ccc(S(=O)(=O)NCC2(OC)CCSC2)cc1. The molecule has 1 unspecified atom stereocenters. The van der Waals surface area contributed by atoms with E-state index >= 15 is 0 Å². The number of thioether (sulfide) groups is 1. The van der Waals surface area contributed by atoms with Gasteiger partial charge in [-0.15, -0.1) is 0 Å². The van der Waals surface area contributed by atoms with E-state index in [0.29, 0.717) is 12.3 Å². The van der Waals surface area contributed by atoms with E-state index in [1.165, 1.54) is 12.1 Å². The van der Waals surface area contributed by atoms with Crippen LogP contribution in [0.3, 0.4) is 0 Å². The number of ether oxygens (including phenoxy) is 2. The molecule has 1 atom stereocenters. The first kappa shape index (κ1) is 15.6. The second kappa shape index (κ2) is 6.34. The molecule has 5 nitrogen and oxygen atoms in total. The maximum Gasteiger partial charge on any atom is 0.240 e. The van der Waals surface area contributed by atoms with Crippen LogP contribution in [0.2, 0.25) is 0 Å². The van der Waals surface area contributed by atoms with Gasteiger partial charge in [0.15, 0.2) is 0 Å². The Kier molecular flexibility index (Phi) is 4.95. The average molecular weight is 317 g/mol. The minimum atomic E-state index is -3.52. The summed E-state index contributed by atoms with van der Waals surface area (Å²) in [5, 5.41) is 0. The largest absolute Gasteiger partial charge is 0.497 e. The number of methoxy groups -OCH3 is 2. The zero-order valence-corrected chi connectivity index (χ0v) is 13.2. The molecule has 0 spiro atoms. The van der Waals surface area contributed by atoms with Crippen molar-refractivity contribution >= 4 is 21.8 Å². The highest BCUT2D eigenvalue weighted by molar-refractivity contribution is 7.99. The van der Waals surface area contributed by atoms with Gasteiger partial charge in [-0.2, -0.15) is 11.8 Å². The molecule has 0 aromatic heterocycles. The second-order valence-corrected chi connectivity index (χ2v) is 7.56. The van der Waals surface area contributed by atoms with E-state index in [1.54, 1.807) is 38.1 Å². The molecule has 1 aliphatic rings. The van der Waals surface area contributed by atoms with Gasteiger partial charge in [-0.05, 0) is 36.4 Å². The van der Waals surface area contributed by atoms with Crippen LogP contribution in [0.25, 0.3) is 0 Å². The molecule has 1 heterocycles. The Morgan fingerprint density at radius 1 is 1.30 bits per heavy atom. The molecule has 0 radical (unpaired) electrons. The zero-order valence-electron chi connectivity index (χ0n) is 11.6. The van der Waals surface area contributed by atoms with Crippen molar-refractivity contribution in [2.45, 2.75) is 16.9 Å². The summed E-state index contributed by atoms with van der Waals surface area (Å²) in [5.41, 5.74) is -0.385. The molecule has 1 aliphatic heterocycles. The number of benzene rings is 1. The summed E-state index contributed by atoms with van der Waals surface area (Å²) in [4.78, 5) is 0.232. The maximum atomic E-state index is 12.2. The maximum absolute atomic E-state index is 12.2. The van der Waals surface area contributed by atoms with E-state index in [2.05, 4.69) is 4.72 Å². The second-order valence-electron chi connectivity index (χ2n) is 4.69. The van der Waals surface area contributed by atoms with E-state index in [-0.39, 0.29) is 10.5 Å². The van der Waals surface area contributed by atoms with Crippen LogP contribution < -0.4 is 9.46 Å². The van der Waals surface area contributed by atoms with E-state index in [1.807, 2.05) is 0 Å². The number of hydrogen-bond donors (Lipinski definition) is 1. The molecular formula is C13H19NO4S2. The standard InChI is InChI=1S/C13H19NO4S2/c1-17-11-3-5-12(6-4-11)20(15,16)14-9-13(18-2)7-8-19-10-13/h3-6,14H,7-10H2,1-2H3. The van der Waals surface area contributed by atoms with E-state index in [0.717, 1.165) is 17.9 Å². The third kappa shape index (κ3) is 3.46. The van der Waals surface area contributed by atoms with Crippen LogP contribution in [0.15, 0.2) is 29.2 Å². The van der Waals surface area contributed by atoms with Crippen LogP contribution in [0.4, 0.5) is 0 Å². The van der Waals surface area contributed by atoms with Crippen molar-refractivity contribution < 1.29 is 17.9 Å². The van der Waals surface area contributed by atoms with Gasteiger partial charge in [0.2, 0.25) is 10.0 Å². The molecule has 1 N–H and O–H groups in total. The average Bonchev–Trinajstić information content (AvgIpc) is 2.95. The normalized spacial score (nSPS) is 22.9. The quantitative estimate of drug-likeness (QED) is 0.861. The first-order valence-electron chi connectivity index (χ1n) is 6.28. The summed E-state index contributed by atoms with van der Waals surface area (Å²) in [5.74, 6) is 2.44. The minimum absolute atomic E-state index is 0.232. The summed E-state index contributed by atoms with van der Waals surface area (Å²) in [6.45, 7) is 0.296. The Hall–Kier alpha value is -0.760. The summed E-state index contributed by atoms with van der Waals surface area (Å²) in [6, 6.07) is 6.33. The monoisotopic (exact) mass is 317 g/mol. The highest BCUT2D eigenvalue weighted by Crippen LogP contribution is 2.30. The fourth-order valence-electron chi connectivity index (χ4n) is 2.03. The van der Waals surface area contributed by atoms with E-state index in [9.17, 15) is 8.42 Å². The molecule has 2 rings (SSSR count). The Bertz CT molecular complexity index is 536. The molecule has 112 valence electrons. The van der Waals surface area contributed by atoms with Crippen molar-refractivity contribution in [3.63, 3.8) is 0 Å². The molecule has 0 bridgehead atoms. The van der Waals surface area contributed by atoms with Crippen LogP contribution in [0.5, 0.6) is 5.75 Å². The third-order valence-electron chi connectivity index (χ3n) is 3.45. The summed E-state index contributed by atoms with van der Waals surface area (Å²) in [6.07, 6.45) is 0.860. The molecule has 1 aromatic rings. The van der Waals surface area contributed by atoms with Gasteiger partial charge in [-0.3, -0.25) is 0 Å².